The van der Waals surface area contributed by atoms with Gasteiger partial charge in [0.25, 0.3) is 0 Å². The predicted molar refractivity (Wildman–Crippen MR) is 94.2 cm³/mol. The van der Waals surface area contributed by atoms with Gasteiger partial charge in [0.2, 0.25) is 0 Å². The molecule has 0 radical (unpaired) electrons. The van der Waals surface area contributed by atoms with E-state index in [4.69, 9.17) is 16.7 Å². The Balaban J connectivity index is 2.08. The average Bonchev–Trinajstić information content (AvgIpc) is 2.60. The van der Waals surface area contributed by atoms with Crippen molar-refractivity contribution in [2.24, 2.45) is 5.92 Å². The van der Waals surface area contributed by atoms with Crippen molar-refractivity contribution in [1.29, 1.82) is 0 Å². The van der Waals surface area contributed by atoms with Gasteiger partial charge in [-0.25, -0.2) is 0 Å². The summed E-state index contributed by atoms with van der Waals surface area (Å²) >= 11 is 5.90. The van der Waals surface area contributed by atoms with E-state index in [0.717, 1.165) is 10.8 Å². The van der Waals surface area contributed by atoms with E-state index in [0.29, 0.717) is 28.6 Å². The van der Waals surface area contributed by atoms with Crippen LogP contribution < -0.4 is 5.32 Å². The molecule has 0 fully saturated rings. The summed E-state index contributed by atoms with van der Waals surface area (Å²) in [4.78, 5) is 4.15. The smallest absolute Gasteiger partial charge is 0.158 e. The van der Waals surface area contributed by atoms with Gasteiger partial charge in [-0.2, -0.15) is 0 Å². The first-order chi connectivity index (χ1) is 11.6. The van der Waals surface area contributed by atoms with E-state index in [1.165, 1.54) is 6.07 Å². The van der Waals surface area contributed by atoms with Crippen LogP contribution in [0.15, 0.2) is 36.7 Å². The lowest BCUT2D eigenvalue weighted by Crippen LogP contribution is -2.15. The molecule has 1 atom stereocenters. The van der Waals surface area contributed by atoms with Crippen LogP contribution in [0.3, 0.4) is 0 Å². The first kappa shape index (κ1) is 16.4. The van der Waals surface area contributed by atoms with Gasteiger partial charge >= 0.3 is 0 Å². The number of aromatic nitrogens is 3. The number of phenolic OH excluding ortho intramolecular Hbond substituents is 1. The van der Waals surface area contributed by atoms with E-state index in [9.17, 15) is 5.11 Å². The van der Waals surface area contributed by atoms with Gasteiger partial charge in [0.15, 0.2) is 5.82 Å². The van der Waals surface area contributed by atoms with Gasteiger partial charge in [-0.15, -0.1) is 10.2 Å². The Labute approximate surface area is 144 Å². The molecule has 24 heavy (non-hydrogen) atoms. The van der Waals surface area contributed by atoms with Crippen LogP contribution in [-0.4, -0.2) is 38.5 Å². The largest absolute Gasteiger partial charge is 0.507 e. The molecule has 0 aliphatic carbocycles. The summed E-state index contributed by atoms with van der Waals surface area (Å²) in [6.45, 7) is 2.59. The number of phenols is 1. The third-order valence-corrected chi connectivity index (χ3v) is 3.96. The fourth-order valence-corrected chi connectivity index (χ4v) is 2.53. The van der Waals surface area contributed by atoms with Crippen LogP contribution in [0.5, 0.6) is 5.75 Å². The lowest BCUT2D eigenvalue weighted by Gasteiger charge is -2.13. The number of fused-ring (bicyclic) bond motifs is 1. The summed E-state index contributed by atoms with van der Waals surface area (Å²) < 4.78 is 0. The third kappa shape index (κ3) is 3.25. The Morgan fingerprint density at radius 3 is 2.79 bits per heavy atom. The summed E-state index contributed by atoms with van der Waals surface area (Å²) in [5, 5.41) is 33.1. The van der Waals surface area contributed by atoms with Crippen molar-refractivity contribution in [2.45, 2.75) is 6.92 Å². The number of aromatic hydroxyl groups is 1. The Kier molecular flexibility index (Phi) is 4.78. The van der Waals surface area contributed by atoms with Crippen molar-refractivity contribution in [3.05, 3.63) is 41.7 Å². The molecule has 0 spiro atoms. The monoisotopic (exact) mass is 344 g/mol. The van der Waals surface area contributed by atoms with Gasteiger partial charge < -0.3 is 15.5 Å². The normalized spacial score (nSPS) is 12.3. The number of benzene rings is 1. The maximum absolute atomic E-state index is 10.2. The second-order valence-corrected chi connectivity index (χ2v) is 6.09. The zero-order valence-corrected chi connectivity index (χ0v) is 13.8. The molecule has 6 nitrogen and oxygen atoms in total. The second-order valence-electron chi connectivity index (χ2n) is 5.65. The molecule has 0 aliphatic rings. The fraction of sp³-hybridized carbons (Fsp3) is 0.235. The lowest BCUT2D eigenvalue weighted by molar-refractivity contribution is 0.244. The Hall–Kier alpha value is -2.44. The molecule has 0 saturated heterocycles. The maximum atomic E-state index is 10.2. The number of pyridine rings is 1. The minimum absolute atomic E-state index is 0.0459. The van der Waals surface area contributed by atoms with Crippen molar-refractivity contribution in [3.63, 3.8) is 0 Å². The number of aliphatic hydroxyl groups excluding tert-OH is 1. The van der Waals surface area contributed by atoms with Crippen molar-refractivity contribution in [2.75, 3.05) is 18.5 Å². The zero-order chi connectivity index (χ0) is 17.1. The van der Waals surface area contributed by atoms with Crippen molar-refractivity contribution in [1.82, 2.24) is 15.2 Å². The van der Waals surface area contributed by atoms with Crippen LogP contribution in [-0.2, 0) is 0 Å². The number of hydrogen-bond acceptors (Lipinski definition) is 6. The van der Waals surface area contributed by atoms with E-state index >= 15 is 0 Å². The Bertz CT molecular complexity index is 872. The predicted octanol–water partition coefficient (Wildman–Crippen LogP) is 3.09. The molecule has 0 saturated carbocycles. The van der Waals surface area contributed by atoms with Crippen molar-refractivity contribution in [3.8, 4) is 17.0 Å². The van der Waals surface area contributed by atoms with Gasteiger partial charge in [-0.1, -0.05) is 18.5 Å². The van der Waals surface area contributed by atoms with E-state index in [2.05, 4.69) is 20.5 Å². The SMILES string of the molecule is C[C@H](CO)CNc1nnc(-c2ccc(Cl)cc2O)c2ccncc12. The van der Waals surface area contributed by atoms with E-state index in [1.807, 2.05) is 13.0 Å². The number of hydrogen-bond donors (Lipinski definition) is 3. The quantitative estimate of drug-likeness (QED) is 0.659. The van der Waals surface area contributed by atoms with E-state index in [1.54, 1.807) is 24.5 Å². The molecule has 3 aromatic rings. The number of nitrogens with one attached hydrogen (secondary N) is 1. The van der Waals surface area contributed by atoms with Crippen molar-refractivity contribution < 1.29 is 10.2 Å². The van der Waals surface area contributed by atoms with Crippen LogP contribution in [0, 0.1) is 5.92 Å². The molecule has 3 N–H and O–H groups in total. The fourth-order valence-electron chi connectivity index (χ4n) is 2.37. The highest BCUT2D eigenvalue weighted by atomic mass is 35.5. The summed E-state index contributed by atoms with van der Waals surface area (Å²) in [5.41, 5.74) is 1.11. The number of halogens is 1. The molecule has 124 valence electrons. The Morgan fingerprint density at radius 1 is 1.21 bits per heavy atom. The van der Waals surface area contributed by atoms with Crippen molar-refractivity contribution >= 4 is 28.2 Å². The van der Waals surface area contributed by atoms with Crippen LogP contribution >= 0.6 is 11.6 Å². The number of aliphatic hydroxyl groups is 1. The molecule has 2 aromatic heterocycles. The summed E-state index contributed by atoms with van der Waals surface area (Å²) in [6, 6.07) is 6.71. The van der Waals surface area contributed by atoms with Gasteiger partial charge in [-0.05, 0) is 30.2 Å². The topological polar surface area (TPSA) is 91.2 Å². The van der Waals surface area contributed by atoms with E-state index in [-0.39, 0.29) is 18.3 Å². The van der Waals surface area contributed by atoms with Gasteiger partial charge in [-0.3, -0.25) is 4.98 Å². The highest BCUT2D eigenvalue weighted by Crippen LogP contribution is 2.35. The standard InChI is InChI=1S/C17H17ClN4O2/c1-10(9-23)7-20-17-14-8-19-5-4-12(14)16(21-22-17)13-3-2-11(18)6-15(13)24/h2-6,8,10,23-24H,7,9H2,1H3,(H,20,22)/t10-/m0/s1. The van der Waals surface area contributed by atoms with E-state index < -0.39 is 0 Å². The van der Waals surface area contributed by atoms with Gasteiger partial charge in [0.05, 0.1) is 0 Å². The molecule has 2 heterocycles. The molecule has 0 bridgehead atoms. The first-order valence-corrected chi connectivity index (χ1v) is 7.92. The molecular formula is C17H17ClN4O2. The summed E-state index contributed by atoms with van der Waals surface area (Å²) in [5.74, 6) is 0.735. The molecule has 3 rings (SSSR count). The van der Waals surface area contributed by atoms with Crippen LogP contribution in [0.25, 0.3) is 22.0 Å². The number of anilines is 1. The number of rotatable bonds is 5. The van der Waals surface area contributed by atoms with Crippen LogP contribution in [0.4, 0.5) is 5.82 Å². The maximum Gasteiger partial charge on any atom is 0.158 e. The highest BCUT2D eigenvalue weighted by Gasteiger charge is 2.14. The summed E-state index contributed by atoms with van der Waals surface area (Å²) in [6.07, 6.45) is 3.37. The molecular weight excluding hydrogens is 328 g/mol. The molecule has 0 aliphatic heterocycles. The lowest BCUT2D eigenvalue weighted by atomic mass is 10.1. The third-order valence-electron chi connectivity index (χ3n) is 3.73. The molecule has 7 heteroatoms. The minimum atomic E-state index is 0.0459. The number of nitrogens with zero attached hydrogens (tertiary/aromatic N) is 3. The Morgan fingerprint density at radius 2 is 2.04 bits per heavy atom. The van der Waals surface area contributed by atoms with Gasteiger partial charge in [0, 0.05) is 46.9 Å². The molecule has 0 amide bonds. The summed E-state index contributed by atoms with van der Waals surface area (Å²) in [7, 11) is 0. The minimum Gasteiger partial charge on any atom is -0.507 e. The second kappa shape index (κ2) is 6.98. The first-order valence-electron chi connectivity index (χ1n) is 7.54. The molecule has 0 unspecified atom stereocenters. The van der Waals surface area contributed by atoms with Crippen LogP contribution in [0.1, 0.15) is 6.92 Å². The van der Waals surface area contributed by atoms with Crippen LogP contribution in [0.2, 0.25) is 5.02 Å². The van der Waals surface area contributed by atoms with Gasteiger partial charge in [0.1, 0.15) is 11.4 Å². The molecule has 1 aromatic carbocycles. The highest BCUT2D eigenvalue weighted by molar-refractivity contribution is 6.30. The zero-order valence-electron chi connectivity index (χ0n) is 13.1. The average molecular weight is 345 g/mol.